The Hall–Kier alpha value is -2.95. The highest BCUT2D eigenvalue weighted by atomic mass is 19.1. The van der Waals surface area contributed by atoms with Crippen molar-refractivity contribution >= 4 is 18.0 Å². The molecule has 2 aromatic carbocycles. The third-order valence-electron chi connectivity index (χ3n) is 3.01. The fraction of sp³-hybridized carbons (Fsp3) is 0.111. The first-order chi connectivity index (χ1) is 11.1. The maximum Gasteiger partial charge on any atom is 0.351 e. The van der Waals surface area contributed by atoms with Crippen molar-refractivity contribution in [1.29, 1.82) is 0 Å². The third kappa shape index (κ3) is 4.78. The van der Waals surface area contributed by atoms with Crippen LogP contribution < -0.4 is 0 Å². The van der Waals surface area contributed by atoms with Crippen molar-refractivity contribution in [3.05, 3.63) is 77.6 Å². The first-order valence-corrected chi connectivity index (χ1v) is 6.87. The third-order valence-corrected chi connectivity index (χ3v) is 3.01. The minimum atomic E-state index is -1.15. The molecule has 0 spiro atoms. The van der Waals surface area contributed by atoms with Crippen molar-refractivity contribution in [2.45, 2.75) is 6.10 Å². The Balaban J connectivity index is 2.10. The van der Waals surface area contributed by atoms with Crippen LogP contribution in [0.15, 0.2) is 60.7 Å². The van der Waals surface area contributed by atoms with E-state index in [1.807, 2.05) is 0 Å². The number of hydrogen-bond donors (Lipinski definition) is 0. The number of carbonyl (C=O) groups excluding carboxylic acids is 2. The molecule has 1 atom stereocenters. The van der Waals surface area contributed by atoms with E-state index >= 15 is 0 Å². The summed E-state index contributed by atoms with van der Waals surface area (Å²) in [5.41, 5.74) is 1.02. The molecule has 2 rings (SSSR count). The molecule has 1 unspecified atom stereocenters. The van der Waals surface area contributed by atoms with Gasteiger partial charge in [0.1, 0.15) is 5.82 Å². The number of rotatable bonds is 5. The molecule has 23 heavy (non-hydrogen) atoms. The molecule has 4 nitrogen and oxygen atoms in total. The zero-order valence-corrected chi connectivity index (χ0v) is 12.4. The zero-order chi connectivity index (χ0) is 16.7. The second-order valence-electron chi connectivity index (χ2n) is 4.64. The predicted octanol–water partition coefficient (Wildman–Crippen LogP) is 3.30. The highest BCUT2D eigenvalue weighted by molar-refractivity contribution is 5.89. The number of hydrogen-bond acceptors (Lipinski definition) is 4. The van der Waals surface area contributed by atoms with Crippen molar-refractivity contribution in [2.24, 2.45) is 0 Å². The quantitative estimate of drug-likeness (QED) is 0.628. The number of ether oxygens (including phenoxy) is 2. The number of esters is 2. The van der Waals surface area contributed by atoms with Crippen LogP contribution in [0.4, 0.5) is 4.39 Å². The summed E-state index contributed by atoms with van der Waals surface area (Å²) >= 11 is 0. The van der Waals surface area contributed by atoms with Crippen molar-refractivity contribution in [1.82, 2.24) is 0 Å². The molecular weight excluding hydrogens is 299 g/mol. The SMILES string of the molecule is COC(=O)C(OC(=O)/C=C/c1cccc(F)c1)c1ccccc1. The molecular formula is C18H15FO4. The normalized spacial score (nSPS) is 11.9. The molecule has 0 bridgehead atoms. The first kappa shape index (κ1) is 16.4. The maximum absolute atomic E-state index is 13.1. The van der Waals surface area contributed by atoms with Gasteiger partial charge >= 0.3 is 11.9 Å². The number of carbonyl (C=O) groups is 2. The second kappa shape index (κ2) is 7.89. The van der Waals surface area contributed by atoms with E-state index in [0.717, 1.165) is 6.08 Å². The lowest BCUT2D eigenvalue weighted by Gasteiger charge is -2.14. The van der Waals surface area contributed by atoms with Crippen LogP contribution in [-0.2, 0) is 19.1 Å². The Morgan fingerprint density at radius 2 is 1.83 bits per heavy atom. The lowest BCUT2D eigenvalue weighted by atomic mass is 10.1. The Morgan fingerprint density at radius 1 is 1.09 bits per heavy atom. The highest BCUT2D eigenvalue weighted by Crippen LogP contribution is 2.19. The van der Waals surface area contributed by atoms with Gasteiger partial charge in [-0.1, -0.05) is 42.5 Å². The highest BCUT2D eigenvalue weighted by Gasteiger charge is 2.24. The Labute approximate surface area is 133 Å². The fourth-order valence-electron chi connectivity index (χ4n) is 1.92. The molecule has 0 amide bonds. The van der Waals surface area contributed by atoms with Crippen LogP contribution >= 0.6 is 0 Å². The van der Waals surface area contributed by atoms with Gasteiger partial charge in [0, 0.05) is 11.6 Å². The zero-order valence-electron chi connectivity index (χ0n) is 12.4. The molecule has 0 saturated heterocycles. The van der Waals surface area contributed by atoms with Gasteiger partial charge in [0.15, 0.2) is 0 Å². The van der Waals surface area contributed by atoms with Gasteiger partial charge in [-0.3, -0.25) is 0 Å². The fourth-order valence-corrected chi connectivity index (χ4v) is 1.92. The van der Waals surface area contributed by atoms with Crippen LogP contribution in [0.5, 0.6) is 0 Å². The summed E-state index contributed by atoms with van der Waals surface area (Å²) in [5, 5.41) is 0. The minimum Gasteiger partial charge on any atom is -0.466 e. The molecule has 0 aliphatic carbocycles. The van der Waals surface area contributed by atoms with Crippen molar-refractivity contribution in [2.75, 3.05) is 7.11 Å². The molecule has 0 N–H and O–H groups in total. The van der Waals surface area contributed by atoms with Crippen molar-refractivity contribution in [3.8, 4) is 0 Å². The van der Waals surface area contributed by atoms with Gasteiger partial charge in [-0.25, -0.2) is 14.0 Å². The maximum atomic E-state index is 13.1. The van der Waals surface area contributed by atoms with Crippen LogP contribution in [0, 0.1) is 5.82 Å². The summed E-state index contributed by atoms with van der Waals surface area (Å²) in [6, 6.07) is 14.3. The van der Waals surface area contributed by atoms with Crippen LogP contribution in [0.1, 0.15) is 17.2 Å². The number of methoxy groups -OCH3 is 1. The number of benzene rings is 2. The molecule has 118 valence electrons. The standard InChI is InChI=1S/C18H15FO4/c1-22-18(21)17(14-7-3-2-4-8-14)23-16(20)11-10-13-6-5-9-15(19)12-13/h2-12,17H,1H3/b11-10+. The monoisotopic (exact) mass is 314 g/mol. The summed E-state index contributed by atoms with van der Waals surface area (Å²) < 4.78 is 22.9. The summed E-state index contributed by atoms with van der Waals surface area (Å²) in [7, 11) is 1.22. The molecule has 0 aromatic heterocycles. The lowest BCUT2D eigenvalue weighted by molar-refractivity contribution is -0.163. The number of halogens is 1. The Bertz CT molecular complexity index is 710. The van der Waals surface area contributed by atoms with E-state index in [-0.39, 0.29) is 0 Å². The van der Waals surface area contributed by atoms with Crippen LogP contribution in [0.25, 0.3) is 6.08 Å². The molecule has 5 heteroatoms. The van der Waals surface area contributed by atoms with Gasteiger partial charge in [0.05, 0.1) is 7.11 Å². The molecule has 0 radical (unpaired) electrons. The van der Waals surface area contributed by atoms with E-state index in [4.69, 9.17) is 4.74 Å². The largest absolute Gasteiger partial charge is 0.466 e. The first-order valence-electron chi connectivity index (χ1n) is 6.87. The second-order valence-corrected chi connectivity index (χ2v) is 4.64. The average molecular weight is 314 g/mol. The Morgan fingerprint density at radius 3 is 2.48 bits per heavy atom. The van der Waals surface area contributed by atoms with Crippen molar-refractivity contribution in [3.63, 3.8) is 0 Å². The topological polar surface area (TPSA) is 52.6 Å². The molecule has 0 aliphatic rings. The van der Waals surface area contributed by atoms with E-state index in [2.05, 4.69) is 4.74 Å². The van der Waals surface area contributed by atoms with Crippen molar-refractivity contribution < 1.29 is 23.5 Å². The molecule has 0 fully saturated rings. The average Bonchev–Trinajstić information content (AvgIpc) is 2.58. The van der Waals surface area contributed by atoms with E-state index in [0.29, 0.717) is 11.1 Å². The van der Waals surface area contributed by atoms with E-state index in [9.17, 15) is 14.0 Å². The van der Waals surface area contributed by atoms with E-state index in [1.165, 1.54) is 31.4 Å². The summed E-state index contributed by atoms with van der Waals surface area (Å²) in [5.74, 6) is -1.81. The molecule has 2 aromatic rings. The van der Waals surface area contributed by atoms with Gasteiger partial charge in [-0.2, -0.15) is 0 Å². The lowest BCUT2D eigenvalue weighted by Crippen LogP contribution is -2.20. The molecule has 0 aliphatic heterocycles. The Kier molecular flexibility index (Phi) is 5.63. The van der Waals surface area contributed by atoms with Crippen LogP contribution in [-0.4, -0.2) is 19.0 Å². The van der Waals surface area contributed by atoms with Gasteiger partial charge < -0.3 is 9.47 Å². The van der Waals surface area contributed by atoms with Gasteiger partial charge in [0.25, 0.3) is 0 Å². The smallest absolute Gasteiger partial charge is 0.351 e. The molecule has 0 saturated carbocycles. The van der Waals surface area contributed by atoms with Gasteiger partial charge in [-0.05, 0) is 23.8 Å². The van der Waals surface area contributed by atoms with Gasteiger partial charge in [0.2, 0.25) is 6.10 Å². The van der Waals surface area contributed by atoms with Crippen LogP contribution in [0.3, 0.4) is 0 Å². The summed E-state index contributed by atoms with van der Waals surface area (Å²) in [6.07, 6.45) is 1.39. The predicted molar refractivity (Wildman–Crippen MR) is 82.7 cm³/mol. The minimum absolute atomic E-state index is 0.405. The van der Waals surface area contributed by atoms with E-state index in [1.54, 1.807) is 36.4 Å². The van der Waals surface area contributed by atoms with E-state index < -0.39 is 23.9 Å². The summed E-state index contributed by atoms with van der Waals surface area (Å²) in [4.78, 5) is 23.7. The van der Waals surface area contributed by atoms with Crippen LogP contribution in [0.2, 0.25) is 0 Å². The summed E-state index contributed by atoms with van der Waals surface area (Å²) in [6.45, 7) is 0. The van der Waals surface area contributed by atoms with Gasteiger partial charge in [-0.15, -0.1) is 0 Å². The molecule has 0 heterocycles.